The molecule has 1 aromatic carbocycles. The van der Waals surface area contributed by atoms with Crippen LogP contribution < -0.4 is 0 Å². The van der Waals surface area contributed by atoms with E-state index in [1.807, 2.05) is 26.8 Å². The molecule has 0 aliphatic heterocycles. The lowest BCUT2D eigenvalue weighted by Gasteiger charge is -2.18. The molecular weight excluding hydrogens is 291 g/mol. The summed E-state index contributed by atoms with van der Waals surface area (Å²) < 4.78 is 16.5. The molecule has 2 heterocycles. The molecule has 120 valence electrons. The number of aromatic nitrogens is 4. The van der Waals surface area contributed by atoms with Gasteiger partial charge >= 0.3 is 0 Å². The molecule has 0 aliphatic carbocycles. The molecule has 3 rings (SSSR count). The van der Waals surface area contributed by atoms with Gasteiger partial charge in [-0.3, -0.25) is 0 Å². The number of hydrogen-bond acceptors (Lipinski definition) is 3. The normalized spacial score (nSPS) is 11.6. The highest BCUT2D eigenvalue weighted by molar-refractivity contribution is 5.73. The average Bonchev–Trinajstić information content (AvgIpc) is 2.88. The predicted molar refractivity (Wildman–Crippen MR) is 88.9 cm³/mol. The van der Waals surface area contributed by atoms with Gasteiger partial charge in [-0.05, 0) is 50.3 Å². The molecule has 0 aliphatic rings. The van der Waals surface area contributed by atoms with Gasteiger partial charge in [0.15, 0.2) is 0 Å². The Labute approximate surface area is 135 Å². The fourth-order valence-electron chi connectivity index (χ4n) is 3.16. The SMILES string of the molecule is Cc1cc(C)c(-c2c(C)nc3ncnn3c2CC(C)C)c(F)c1. The van der Waals surface area contributed by atoms with Gasteiger partial charge in [0.25, 0.3) is 5.78 Å². The second-order valence-corrected chi connectivity index (χ2v) is 6.53. The summed E-state index contributed by atoms with van der Waals surface area (Å²) in [6, 6.07) is 3.58. The van der Waals surface area contributed by atoms with Crippen molar-refractivity contribution in [3.63, 3.8) is 0 Å². The molecule has 23 heavy (non-hydrogen) atoms. The van der Waals surface area contributed by atoms with Crippen LogP contribution >= 0.6 is 0 Å². The maximum Gasteiger partial charge on any atom is 0.252 e. The maximum atomic E-state index is 14.7. The van der Waals surface area contributed by atoms with E-state index in [1.165, 1.54) is 6.33 Å². The Bertz CT molecular complexity index is 857. The van der Waals surface area contributed by atoms with Gasteiger partial charge < -0.3 is 0 Å². The van der Waals surface area contributed by atoms with E-state index in [2.05, 4.69) is 28.9 Å². The topological polar surface area (TPSA) is 43.1 Å². The van der Waals surface area contributed by atoms with Crippen LogP contribution in [0.15, 0.2) is 18.5 Å². The minimum absolute atomic E-state index is 0.211. The Kier molecular flexibility index (Phi) is 3.88. The van der Waals surface area contributed by atoms with Crippen LogP contribution in [0.5, 0.6) is 0 Å². The summed E-state index contributed by atoms with van der Waals surface area (Å²) >= 11 is 0. The first kappa shape index (κ1) is 15.6. The zero-order chi connectivity index (χ0) is 16.7. The van der Waals surface area contributed by atoms with Crippen LogP contribution in [0.2, 0.25) is 0 Å². The summed E-state index contributed by atoms with van der Waals surface area (Å²) in [4.78, 5) is 8.70. The quantitative estimate of drug-likeness (QED) is 0.732. The van der Waals surface area contributed by atoms with Crippen molar-refractivity contribution in [2.24, 2.45) is 5.92 Å². The van der Waals surface area contributed by atoms with Gasteiger partial charge in [-0.25, -0.2) is 13.9 Å². The minimum Gasteiger partial charge on any atom is -0.216 e. The fourth-order valence-corrected chi connectivity index (χ4v) is 3.16. The standard InChI is InChI=1S/C18H21FN4/c1-10(2)6-15-17(13(5)22-18-20-9-21-23(15)18)16-12(4)7-11(3)8-14(16)19/h7-10H,6H2,1-5H3. The van der Waals surface area contributed by atoms with E-state index < -0.39 is 0 Å². The molecule has 0 unspecified atom stereocenters. The fraction of sp³-hybridized carbons (Fsp3) is 0.389. The third-order valence-corrected chi connectivity index (χ3v) is 3.99. The monoisotopic (exact) mass is 312 g/mol. The molecule has 4 nitrogen and oxygen atoms in total. The number of benzene rings is 1. The molecular formula is C18H21FN4. The average molecular weight is 312 g/mol. The first-order valence-corrected chi connectivity index (χ1v) is 7.84. The van der Waals surface area contributed by atoms with Gasteiger partial charge in [0.1, 0.15) is 12.1 Å². The van der Waals surface area contributed by atoms with Crippen molar-refractivity contribution in [3.8, 4) is 11.1 Å². The molecule has 0 radical (unpaired) electrons. The van der Waals surface area contributed by atoms with Crippen LogP contribution in [0.25, 0.3) is 16.9 Å². The highest BCUT2D eigenvalue weighted by atomic mass is 19.1. The molecule has 3 aromatic rings. The first-order chi connectivity index (χ1) is 10.9. The van der Waals surface area contributed by atoms with Gasteiger partial charge in [-0.2, -0.15) is 10.1 Å². The summed E-state index contributed by atoms with van der Waals surface area (Å²) in [5.74, 6) is 0.765. The van der Waals surface area contributed by atoms with E-state index in [0.29, 0.717) is 17.3 Å². The lowest BCUT2D eigenvalue weighted by atomic mass is 9.92. The van der Waals surface area contributed by atoms with Gasteiger partial charge in [0.05, 0.1) is 11.4 Å². The second kappa shape index (κ2) is 5.72. The third kappa shape index (κ3) is 2.71. The highest BCUT2D eigenvalue weighted by Crippen LogP contribution is 2.33. The van der Waals surface area contributed by atoms with Gasteiger partial charge in [0, 0.05) is 11.1 Å². The number of aryl methyl sites for hydroxylation is 3. The minimum atomic E-state index is -0.211. The molecule has 0 N–H and O–H groups in total. The summed E-state index contributed by atoms with van der Waals surface area (Å²) in [6.07, 6.45) is 2.28. The van der Waals surface area contributed by atoms with Crippen LogP contribution in [0, 0.1) is 32.5 Å². The van der Waals surface area contributed by atoms with Crippen molar-refractivity contribution in [3.05, 3.63) is 46.8 Å². The first-order valence-electron chi connectivity index (χ1n) is 7.84. The highest BCUT2D eigenvalue weighted by Gasteiger charge is 2.21. The van der Waals surface area contributed by atoms with E-state index in [-0.39, 0.29) is 5.82 Å². The van der Waals surface area contributed by atoms with E-state index >= 15 is 0 Å². The largest absolute Gasteiger partial charge is 0.252 e. The van der Waals surface area contributed by atoms with Crippen LogP contribution in [0.1, 0.15) is 36.4 Å². The lowest BCUT2D eigenvalue weighted by Crippen LogP contribution is -2.10. The molecule has 0 atom stereocenters. The van der Waals surface area contributed by atoms with E-state index in [4.69, 9.17) is 0 Å². The summed E-state index contributed by atoms with van der Waals surface area (Å²) in [7, 11) is 0. The Hall–Kier alpha value is -2.30. The lowest BCUT2D eigenvalue weighted by molar-refractivity contribution is 0.613. The van der Waals surface area contributed by atoms with Crippen LogP contribution in [-0.4, -0.2) is 19.6 Å². The molecule has 2 aromatic heterocycles. The van der Waals surface area contributed by atoms with E-state index in [9.17, 15) is 4.39 Å². The molecule has 0 spiro atoms. The number of nitrogens with zero attached hydrogens (tertiary/aromatic N) is 4. The molecule has 0 saturated heterocycles. The predicted octanol–water partition coefficient (Wildman–Crippen LogP) is 4.05. The Morgan fingerprint density at radius 2 is 1.87 bits per heavy atom. The Morgan fingerprint density at radius 1 is 1.13 bits per heavy atom. The van der Waals surface area contributed by atoms with Gasteiger partial charge in [0.2, 0.25) is 0 Å². The molecule has 0 amide bonds. The van der Waals surface area contributed by atoms with Crippen molar-refractivity contribution in [1.29, 1.82) is 0 Å². The third-order valence-electron chi connectivity index (χ3n) is 3.99. The smallest absolute Gasteiger partial charge is 0.216 e. The van der Waals surface area contributed by atoms with Crippen molar-refractivity contribution in [2.75, 3.05) is 0 Å². The van der Waals surface area contributed by atoms with Crippen molar-refractivity contribution >= 4 is 5.78 Å². The Morgan fingerprint density at radius 3 is 2.52 bits per heavy atom. The van der Waals surface area contributed by atoms with Crippen LogP contribution in [0.3, 0.4) is 0 Å². The zero-order valence-corrected chi connectivity index (χ0v) is 14.2. The van der Waals surface area contributed by atoms with Crippen molar-refractivity contribution in [2.45, 2.75) is 41.0 Å². The summed E-state index contributed by atoms with van der Waals surface area (Å²) in [5.41, 5.74) is 5.04. The Balaban J connectivity index is 2.39. The van der Waals surface area contributed by atoms with Gasteiger partial charge in [-0.15, -0.1) is 0 Å². The molecule has 0 fully saturated rings. The summed E-state index contributed by atoms with van der Waals surface area (Å²) in [6.45, 7) is 10.0. The maximum absolute atomic E-state index is 14.7. The van der Waals surface area contributed by atoms with Crippen molar-refractivity contribution in [1.82, 2.24) is 19.6 Å². The second-order valence-electron chi connectivity index (χ2n) is 6.53. The molecule has 5 heteroatoms. The van der Waals surface area contributed by atoms with E-state index in [1.54, 1.807) is 10.6 Å². The molecule has 0 bridgehead atoms. The zero-order valence-electron chi connectivity index (χ0n) is 14.2. The number of halogens is 1. The number of hydrogen-bond donors (Lipinski definition) is 0. The summed E-state index contributed by atoms with van der Waals surface area (Å²) in [5, 5.41) is 4.30. The van der Waals surface area contributed by atoms with Gasteiger partial charge in [-0.1, -0.05) is 19.9 Å². The number of fused-ring (bicyclic) bond motifs is 1. The van der Waals surface area contributed by atoms with Crippen LogP contribution in [0.4, 0.5) is 4.39 Å². The van der Waals surface area contributed by atoms with E-state index in [0.717, 1.165) is 34.5 Å². The molecule has 0 saturated carbocycles. The van der Waals surface area contributed by atoms with Crippen molar-refractivity contribution < 1.29 is 4.39 Å². The van der Waals surface area contributed by atoms with Crippen LogP contribution in [-0.2, 0) is 6.42 Å². The number of rotatable bonds is 3.